The number of thiol groups is 1. The fourth-order valence-corrected chi connectivity index (χ4v) is 1.45. The van der Waals surface area contributed by atoms with Gasteiger partial charge in [-0.2, -0.15) is 21.0 Å². The van der Waals surface area contributed by atoms with Crippen molar-refractivity contribution in [3.8, 4) is 0 Å². The second-order valence-corrected chi connectivity index (χ2v) is 3.81. The van der Waals surface area contributed by atoms with E-state index in [1.165, 1.54) is 0 Å². The number of aliphatic hydroxyl groups excluding tert-OH is 1. The molecule has 0 spiro atoms. The van der Waals surface area contributed by atoms with E-state index >= 15 is 0 Å². The summed E-state index contributed by atoms with van der Waals surface area (Å²) in [6.07, 6.45) is 0. The van der Waals surface area contributed by atoms with E-state index in [9.17, 15) is 8.42 Å². The number of hydrogen-bond donors (Lipinski definition) is 3. The molecule has 0 aliphatic carbocycles. The molecule has 0 fully saturated rings. The minimum atomic E-state index is -3.97. The van der Waals surface area contributed by atoms with E-state index in [2.05, 4.69) is 12.6 Å². The standard InChI is InChI=1S/C3H8O4S2/c4-1-3(8)2-9(5,6)7/h3-4,8H,1-2H2,(H,5,6,7). The van der Waals surface area contributed by atoms with Crippen LogP contribution < -0.4 is 0 Å². The van der Waals surface area contributed by atoms with E-state index in [4.69, 9.17) is 9.66 Å². The average Bonchev–Trinajstić information content (AvgIpc) is 1.62. The Hall–Kier alpha value is 0.220. The summed E-state index contributed by atoms with van der Waals surface area (Å²) < 4.78 is 28.1. The van der Waals surface area contributed by atoms with E-state index in [1.54, 1.807) is 0 Å². The Morgan fingerprint density at radius 1 is 1.56 bits per heavy atom. The maximum atomic E-state index is 10.00. The molecule has 0 aliphatic heterocycles. The monoisotopic (exact) mass is 172 g/mol. The molecule has 0 rings (SSSR count). The third-order valence-corrected chi connectivity index (χ3v) is 2.03. The highest BCUT2D eigenvalue weighted by Crippen LogP contribution is 1.96. The number of aliphatic hydroxyl groups is 1. The van der Waals surface area contributed by atoms with Gasteiger partial charge in [-0.3, -0.25) is 4.55 Å². The highest BCUT2D eigenvalue weighted by atomic mass is 32.2. The highest BCUT2D eigenvalue weighted by molar-refractivity contribution is 7.88. The van der Waals surface area contributed by atoms with Crippen LogP contribution in [0, 0.1) is 0 Å². The van der Waals surface area contributed by atoms with Crippen molar-refractivity contribution in [1.29, 1.82) is 0 Å². The molecule has 1 atom stereocenters. The minimum absolute atomic E-state index is 0.358. The number of hydrogen-bond acceptors (Lipinski definition) is 4. The zero-order valence-corrected chi connectivity index (χ0v) is 6.27. The van der Waals surface area contributed by atoms with E-state index in [0.29, 0.717) is 0 Å². The fourth-order valence-electron chi connectivity index (χ4n) is 0.296. The number of rotatable bonds is 3. The molecular formula is C3H8O4S2. The first-order valence-corrected chi connectivity index (χ1v) is 4.32. The molecule has 0 saturated heterocycles. The van der Waals surface area contributed by atoms with Gasteiger partial charge in [0.1, 0.15) is 0 Å². The maximum Gasteiger partial charge on any atom is 0.266 e. The smallest absolute Gasteiger partial charge is 0.266 e. The zero-order valence-electron chi connectivity index (χ0n) is 4.56. The summed E-state index contributed by atoms with van der Waals surface area (Å²) >= 11 is 3.63. The van der Waals surface area contributed by atoms with Crippen molar-refractivity contribution in [1.82, 2.24) is 0 Å². The molecule has 56 valence electrons. The van der Waals surface area contributed by atoms with Gasteiger partial charge >= 0.3 is 0 Å². The van der Waals surface area contributed by atoms with Crippen molar-refractivity contribution >= 4 is 22.7 Å². The van der Waals surface area contributed by atoms with Crippen LogP contribution in [0.1, 0.15) is 0 Å². The Morgan fingerprint density at radius 3 is 2.11 bits per heavy atom. The summed E-state index contributed by atoms with van der Waals surface area (Å²) in [5, 5.41) is 7.55. The lowest BCUT2D eigenvalue weighted by Crippen LogP contribution is -2.18. The molecule has 4 nitrogen and oxygen atoms in total. The van der Waals surface area contributed by atoms with Crippen molar-refractivity contribution in [2.75, 3.05) is 12.4 Å². The van der Waals surface area contributed by atoms with Crippen LogP contribution in [0.5, 0.6) is 0 Å². The Bertz CT molecular complexity index is 161. The maximum absolute atomic E-state index is 10.00. The SMILES string of the molecule is O=S(=O)(O)CC(S)CO. The van der Waals surface area contributed by atoms with Gasteiger partial charge in [-0.25, -0.2) is 0 Å². The first-order chi connectivity index (χ1) is 3.95. The predicted molar refractivity (Wildman–Crippen MR) is 36.3 cm³/mol. The van der Waals surface area contributed by atoms with Gasteiger partial charge in [0.05, 0.1) is 12.4 Å². The van der Waals surface area contributed by atoms with Crippen LogP contribution in [0.15, 0.2) is 0 Å². The first-order valence-electron chi connectivity index (χ1n) is 2.20. The summed E-state index contributed by atoms with van der Waals surface area (Å²) in [7, 11) is -3.97. The Balaban J connectivity index is 3.75. The van der Waals surface area contributed by atoms with Crippen LogP contribution in [0.2, 0.25) is 0 Å². The van der Waals surface area contributed by atoms with Crippen molar-refractivity contribution in [2.24, 2.45) is 0 Å². The lowest BCUT2D eigenvalue weighted by molar-refractivity contribution is 0.299. The largest absolute Gasteiger partial charge is 0.395 e. The highest BCUT2D eigenvalue weighted by Gasteiger charge is 2.10. The van der Waals surface area contributed by atoms with Gasteiger partial charge in [0.25, 0.3) is 10.1 Å². The van der Waals surface area contributed by atoms with Crippen LogP contribution in [0.3, 0.4) is 0 Å². The predicted octanol–water partition coefficient (Wildman–Crippen LogP) is -0.835. The molecule has 0 saturated carbocycles. The summed E-state index contributed by atoms with van der Waals surface area (Å²) in [4.78, 5) is 0. The molecule has 0 amide bonds. The molecule has 6 heteroatoms. The Kier molecular flexibility index (Phi) is 3.49. The molecule has 0 aromatic rings. The Labute approximate surface area is 59.0 Å². The molecule has 9 heavy (non-hydrogen) atoms. The Morgan fingerprint density at radius 2 is 2.00 bits per heavy atom. The molecule has 0 aromatic heterocycles. The van der Waals surface area contributed by atoms with Gasteiger partial charge in [0.2, 0.25) is 0 Å². The summed E-state index contributed by atoms with van der Waals surface area (Å²) in [6, 6.07) is 0. The fraction of sp³-hybridized carbons (Fsp3) is 1.00. The summed E-state index contributed by atoms with van der Waals surface area (Å²) in [5.74, 6) is -0.507. The molecule has 0 heterocycles. The first kappa shape index (κ1) is 9.22. The van der Waals surface area contributed by atoms with Crippen LogP contribution in [-0.2, 0) is 10.1 Å². The van der Waals surface area contributed by atoms with E-state index < -0.39 is 21.1 Å². The molecule has 0 aromatic carbocycles. The molecule has 0 bridgehead atoms. The van der Waals surface area contributed by atoms with E-state index in [1.807, 2.05) is 0 Å². The van der Waals surface area contributed by atoms with Gasteiger partial charge in [-0.1, -0.05) is 0 Å². The summed E-state index contributed by atoms with van der Waals surface area (Å²) in [6.45, 7) is -0.358. The van der Waals surface area contributed by atoms with E-state index in [-0.39, 0.29) is 6.61 Å². The van der Waals surface area contributed by atoms with Crippen molar-refractivity contribution < 1.29 is 18.1 Å². The van der Waals surface area contributed by atoms with Crippen molar-refractivity contribution in [3.63, 3.8) is 0 Å². The van der Waals surface area contributed by atoms with Crippen LogP contribution in [-0.4, -0.2) is 35.7 Å². The second kappa shape index (κ2) is 3.40. The lowest BCUT2D eigenvalue weighted by Gasteiger charge is -2.01. The van der Waals surface area contributed by atoms with E-state index in [0.717, 1.165) is 0 Å². The van der Waals surface area contributed by atoms with Crippen LogP contribution in [0.4, 0.5) is 0 Å². The van der Waals surface area contributed by atoms with Crippen LogP contribution >= 0.6 is 12.6 Å². The van der Waals surface area contributed by atoms with Crippen LogP contribution in [0.25, 0.3) is 0 Å². The van der Waals surface area contributed by atoms with Gasteiger partial charge in [-0.05, 0) is 0 Å². The van der Waals surface area contributed by atoms with Crippen molar-refractivity contribution in [3.05, 3.63) is 0 Å². The average molecular weight is 172 g/mol. The van der Waals surface area contributed by atoms with Gasteiger partial charge < -0.3 is 5.11 Å². The van der Waals surface area contributed by atoms with Gasteiger partial charge in [0, 0.05) is 5.25 Å². The molecular weight excluding hydrogens is 164 g/mol. The molecule has 2 N–H and O–H groups in total. The molecule has 0 radical (unpaired) electrons. The minimum Gasteiger partial charge on any atom is -0.395 e. The topological polar surface area (TPSA) is 74.6 Å². The lowest BCUT2D eigenvalue weighted by atomic mass is 10.5. The van der Waals surface area contributed by atoms with Gasteiger partial charge in [0.15, 0.2) is 0 Å². The third-order valence-electron chi connectivity index (χ3n) is 0.614. The zero-order chi connectivity index (χ0) is 7.49. The summed E-state index contributed by atoms with van der Waals surface area (Å²) in [5.41, 5.74) is 0. The molecule has 1 unspecified atom stereocenters. The van der Waals surface area contributed by atoms with Crippen molar-refractivity contribution in [2.45, 2.75) is 5.25 Å². The third kappa shape index (κ3) is 6.10. The quantitative estimate of drug-likeness (QED) is 0.383. The second-order valence-electron chi connectivity index (χ2n) is 1.58. The molecule has 0 aliphatic rings. The normalized spacial score (nSPS) is 15.4. The van der Waals surface area contributed by atoms with Gasteiger partial charge in [-0.15, -0.1) is 0 Å².